The zero-order valence-corrected chi connectivity index (χ0v) is 16.7. The SMILES string of the molecule is CCOc1ccc(NC(=O)N[C@H]2CC(=O)N(c3ccc(OC)c(OC)c3)C2)cc1. The Morgan fingerprint density at radius 1 is 1.10 bits per heavy atom. The lowest BCUT2D eigenvalue weighted by molar-refractivity contribution is -0.117. The Morgan fingerprint density at radius 2 is 1.83 bits per heavy atom. The van der Waals surface area contributed by atoms with Crippen LogP contribution in [0.15, 0.2) is 42.5 Å². The summed E-state index contributed by atoms with van der Waals surface area (Å²) in [4.78, 5) is 26.4. The molecule has 0 spiro atoms. The van der Waals surface area contributed by atoms with Crippen LogP contribution in [0.25, 0.3) is 0 Å². The molecule has 2 aromatic carbocycles. The molecule has 8 heteroatoms. The number of benzene rings is 2. The molecule has 1 atom stereocenters. The second-order valence-electron chi connectivity index (χ2n) is 6.50. The van der Waals surface area contributed by atoms with E-state index in [1.54, 1.807) is 61.6 Å². The van der Waals surface area contributed by atoms with Crippen molar-refractivity contribution in [2.75, 3.05) is 37.6 Å². The molecule has 1 saturated heterocycles. The van der Waals surface area contributed by atoms with Crippen LogP contribution in [0.2, 0.25) is 0 Å². The molecule has 1 aliphatic rings. The molecule has 154 valence electrons. The molecule has 1 aliphatic heterocycles. The number of anilines is 2. The number of hydrogen-bond donors (Lipinski definition) is 2. The molecule has 0 saturated carbocycles. The third-order valence-electron chi connectivity index (χ3n) is 4.56. The van der Waals surface area contributed by atoms with Crippen molar-refractivity contribution in [1.82, 2.24) is 5.32 Å². The van der Waals surface area contributed by atoms with Gasteiger partial charge in [-0.3, -0.25) is 4.79 Å². The van der Waals surface area contributed by atoms with E-state index in [9.17, 15) is 9.59 Å². The van der Waals surface area contributed by atoms with Crippen molar-refractivity contribution in [3.8, 4) is 17.2 Å². The molecule has 1 fully saturated rings. The standard InChI is InChI=1S/C21H25N3O5/c1-4-29-17-8-5-14(6-9-17)22-21(26)23-15-11-20(25)24(13-15)16-7-10-18(27-2)19(12-16)28-3/h5-10,12,15H,4,11,13H2,1-3H3,(H2,22,23,26)/t15-/m0/s1. The topological polar surface area (TPSA) is 89.1 Å². The summed E-state index contributed by atoms with van der Waals surface area (Å²) in [6, 6.07) is 11.7. The van der Waals surface area contributed by atoms with Gasteiger partial charge in [-0.15, -0.1) is 0 Å². The summed E-state index contributed by atoms with van der Waals surface area (Å²) < 4.78 is 15.9. The minimum absolute atomic E-state index is 0.0661. The molecule has 8 nitrogen and oxygen atoms in total. The van der Waals surface area contributed by atoms with Gasteiger partial charge in [-0.25, -0.2) is 4.79 Å². The van der Waals surface area contributed by atoms with Gasteiger partial charge < -0.3 is 29.7 Å². The van der Waals surface area contributed by atoms with Gasteiger partial charge in [-0.2, -0.15) is 0 Å². The summed E-state index contributed by atoms with van der Waals surface area (Å²) in [5, 5.41) is 5.62. The minimum atomic E-state index is -0.360. The second kappa shape index (κ2) is 9.18. The molecule has 0 aliphatic carbocycles. The summed E-state index contributed by atoms with van der Waals surface area (Å²) in [6.45, 7) is 2.87. The van der Waals surface area contributed by atoms with Gasteiger partial charge in [-0.05, 0) is 43.3 Å². The van der Waals surface area contributed by atoms with Crippen LogP contribution in [0.5, 0.6) is 17.2 Å². The Morgan fingerprint density at radius 3 is 2.48 bits per heavy atom. The summed E-state index contributed by atoms with van der Waals surface area (Å²) >= 11 is 0. The lowest BCUT2D eigenvalue weighted by Crippen LogP contribution is -2.39. The Bertz CT molecular complexity index is 869. The summed E-state index contributed by atoms with van der Waals surface area (Å²) in [5.41, 5.74) is 1.34. The Labute approximate surface area is 169 Å². The molecule has 0 radical (unpaired) electrons. The number of carbonyl (C=O) groups is 2. The van der Waals surface area contributed by atoms with Crippen molar-refractivity contribution in [1.29, 1.82) is 0 Å². The number of methoxy groups -OCH3 is 2. The van der Waals surface area contributed by atoms with Crippen LogP contribution in [-0.4, -0.2) is 45.4 Å². The van der Waals surface area contributed by atoms with E-state index in [2.05, 4.69) is 10.6 Å². The van der Waals surface area contributed by atoms with Crippen LogP contribution in [0.3, 0.4) is 0 Å². The van der Waals surface area contributed by atoms with Crippen LogP contribution in [0.1, 0.15) is 13.3 Å². The Hall–Kier alpha value is -3.42. The highest BCUT2D eigenvalue weighted by Gasteiger charge is 2.32. The first-order valence-corrected chi connectivity index (χ1v) is 9.36. The normalized spacial score (nSPS) is 15.8. The molecule has 3 rings (SSSR count). The first-order valence-electron chi connectivity index (χ1n) is 9.36. The van der Waals surface area contributed by atoms with Gasteiger partial charge in [0, 0.05) is 30.4 Å². The maximum atomic E-state index is 12.4. The monoisotopic (exact) mass is 399 g/mol. The number of ether oxygens (including phenoxy) is 3. The highest BCUT2D eigenvalue weighted by molar-refractivity contribution is 5.98. The van der Waals surface area contributed by atoms with Gasteiger partial charge in [0.1, 0.15) is 5.75 Å². The van der Waals surface area contributed by atoms with Crippen molar-refractivity contribution < 1.29 is 23.8 Å². The minimum Gasteiger partial charge on any atom is -0.494 e. The summed E-state index contributed by atoms with van der Waals surface area (Å²) in [6.07, 6.45) is 0.227. The zero-order valence-electron chi connectivity index (χ0n) is 16.7. The predicted octanol–water partition coefficient (Wildman–Crippen LogP) is 3.03. The van der Waals surface area contributed by atoms with Crippen molar-refractivity contribution in [3.05, 3.63) is 42.5 Å². The van der Waals surface area contributed by atoms with E-state index < -0.39 is 0 Å². The van der Waals surface area contributed by atoms with E-state index in [-0.39, 0.29) is 24.4 Å². The number of carbonyl (C=O) groups excluding carboxylic acids is 2. The molecule has 2 aromatic rings. The predicted molar refractivity (Wildman–Crippen MR) is 110 cm³/mol. The van der Waals surface area contributed by atoms with Gasteiger partial charge in [0.15, 0.2) is 11.5 Å². The molecule has 0 bridgehead atoms. The highest BCUT2D eigenvalue weighted by Crippen LogP contribution is 2.33. The van der Waals surface area contributed by atoms with Crippen LogP contribution < -0.4 is 29.7 Å². The number of nitrogens with one attached hydrogen (secondary N) is 2. The summed E-state index contributed by atoms with van der Waals surface area (Å²) in [7, 11) is 3.10. The number of hydrogen-bond acceptors (Lipinski definition) is 5. The van der Waals surface area contributed by atoms with Crippen LogP contribution in [0.4, 0.5) is 16.2 Å². The van der Waals surface area contributed by atoms with Gasteiger partial charge in [0.2, 0.25) is 5.91 Å². The van der Waals surface area contributed by atoms with Gasteiger partial charge in [-0.1, -0.05) is 0 Å². The van der Waals surface area contributed by atoms with Gasteiger partial charge >= 0.3 is 6.03 Å². The van der Waals surface area contributed by atoms with E-state index in [4.69, 9.17) is 14.2 Å². The molecule has 29 heavy (non-hydrogen) atoms. The second-order valence-corrected chi connectivity index (χ2v) is 6.50. The average Bonchev–Trinajstić information content (AvgIpc) is 3.08. The first-order chi connectivity index (χ1) is 14.0. The number of rotatable bonds is 7. The fourth-order valence-electron chi connectivity index (χ4n) is 3.20. The van der Waals surface area contributed by atoms with E-state index in [0.717, 1.165) is 5.75 Å². The largest absolute Gasteiger partial charge is 0.494 e. The van der Waals surface area contributed by atoms with E-state index in [1.807, 2.05) is 6.92 Å². The summed E-state index contributed by atoms with van der Waals surface area (Å²) in [5.74, 6) is 1.81. The fraction of sp³-hybridized carbons (Fsp3) is 0.333. The van der Waals surface area contributed by atoms with Crippen molar-refractivity contribution in [3.63, 3.8) is 0 Å². The lowest BCUT2D eigenvalue weighted by Gasteiger charge is -2.19. The van der Waals surface area contributed by atoms with Crippen molar-refractivity contribution in [2.24, 2.45) is 0 Å². The number of urea groups is 1. The van der Waals surface area contributed by atoms with Crippen LogP contribution in [-0.2, 0) is 4.79 Å². The number of nitrogens with zero attached hydrogens (tertiary/aromatic N) is 1. The third-order valence-corrected chi connectivity index (χ3v) is 4.56. The van der Waals surface area contributed by atoms with E-state index in [1.165, 1.54) is 0 Å². The van der Waals surface area contributed by atoms with Crippen molar-refractivity contribution in [2.45, 2.75) is 19.4 Å². The molecule has 0 aromatic heterocycles. The van der Waals surface area contributed by atoms with Crippen LogP contribution >= 0.6 is 0 Å². The van der Waals surface area contributed by atoms with Gasteiger partial charge in [0.05, 0.1) is 26.9 Å². The molecule has 0 unspecified atom stereocenters. The van der Waals surface area contributed by atoms with Gasteiger partial charge in [0.25, 0.3) is 0 Å². The average molecular weight is 399 g/mol. The molecule has 3 amide bonds. The molecule has 2 N–H and O–H groups in total. The zero-order chi connectivity index (χ0) is 20.8. The quantitative estimate of drug-likeness (QED) is 0.747. The molecular weight excluding hydrogens is 374 g/mol. The Kier molecular flexibility index (Phi) is 6.43. The fourth-order valence-corrected chi connectivity index (χ4v) is 3.20. The third kappa shape index (κ3) is 4.90. The Balaban J connectivity index is 1.59. The first kappa shape index (κ1) is 20.3. The molecule has 1 heterocycles. The lowest BCUT2D eigenvalue weighted by atomic mass is 10.2. The smallest absolute Gasteiger partial charge is 0.319 e. The maximum Gasteiger partial charge on any atom is 0.319 e. The highest BCUT2D eigenvalue weighted by atomic mass is 16.5. The van der Waals surface area contributed by atoms with E-state index in [0.29, 0.717) is 36.0 Å². The molecular formula is C21H25N3O5. The van der Waals surface area contributed by atoms with Crippen LogP contribution in [0, 0.1) is 0 Å². The maximum absolute atomic E-state index is 12.4. The van der Waals surface area contributed by atoms with Crippen molar-refractivity contribution >= 4 is 23.3 Å². The number of amides is 3. The van der Waals surface area contributed by atoms with E-state index >= 15 is 0 Å².